The van der Waals surface area contributed by atoms with E-state index in [9.17, 15) is 28.3 Å². The Hall–Kier alpha value is -1.73. The fourth-order valence-corrected chi connectivity index (χ4v) is 5.72. The van der Waals surface area contributed by atoms with Gasteiger partial charge in [-0.05, 0) is 63.2 Å². The van der Waals surface area contributed by atoms with Crippen LogP contribution in [0.2, 0.25) is 0 Å². The van der Waals surface area contributed by atoms with Crippen molar-refractivity contribution in [3.05, 3.63) is 0 Å². The summed E-state index contributed by atoms with van der Waals surface area (Å²) in [7, 11) is 0. The van der Waals surface area contributed by atoms with Crippen LogP contribution in [0.5, 0.6) is 0 Å². The van der Waals surface area contributed by atoms with Crippen LogP contribution < -0.4 is 5.32 Å². The van der Waals surface area contributed by atoms with Crippen LogP contribution in [-0.2, 0) is 14.3 Å². The van der Waals surface area contributed by atoms with Crippen molar-refractivity contribution >= 4 is 17.8 Å². The van der Waals surface area contributed by atoms with Crippen molar-refractivity contribution in [1.29, 1.82) is 0 Å². The zero-order valence-electron chi connectivity index (χ0n) is 18.3. The van der Waals surface area contributed by atoms with Crippen LogP contribution in [0.15, 0.2) is 0 Å². The lowest BCUT2D eigenvalue weighted by atomic mass is 9.74. The van der Waals surface area contributed by atoms with Gasteiger partial charge in [0.25, 0.3) is 0 Å². The second-order valence-electron chi connectivity index (χ2n) is 10.9. The summed E-state index contributed by atoms with van der Waals surface area (Å²) in [4.78, 5) is 37.8. The molecule has 1 amide bonds. The van der Waals surface area contributed by atoms with Gasteiger partial charge in [-0.1, -0.05) is 13.8 Å². The Morgan fingerprint density at radius 1 is 1.13 bits per heavy atom. The number of alkyl halides is 2. The summed E-state index contributed by atoms with van der Waals surface area (Å²) < 4.78 is 32.6. The average Bonchev–Trinajstić information content (AvgIpc) is 2.93. The maximum Gasteiger partial charge on any atom is 0.408 e. The number of alkyl carbamates (subject to hydrolysis) is 1. The molecular formula is C22H33F2NO5. The lowest BCUT2D eigenvalue weighted by Crippen LogP contribution is -2.52. The topological polar surface area (TPSA) is 92.7 Å². The van der Waals surface area contributed by atoms with Crippen molar-refractivity contribution in [2.45, 2.75) is 84.3 Å². The molecule has 0 heterocycles. The van der Waals surface area contributed by atoms with Crippen molar-refractivity contribution in [1.82, 2.24) is 5.32 Å². The molecule has 6 nitrogen and oxygen atoms in total. The molecule has 0 aromatic carbocycles. The highest BCUT2D eigenvalue weighted by atomic mass is 19.3. The molecule has 2 unspecified atom stereocenters. The molecule has 5 atom stereocenters. The molecule has 3 saturated carbocycles. The number of nitrogens with one attached hydrogen (secondary N) is 1. The van der Waals surface area contributed by atoms with Gasteiger partial charge in [-0.2, -0.15) is 0 Å². The standard InChI is InChI=1S/C22H33F2NO5/c1-20(2,3)30-19(29)25-16(11-6-8-22(23,24)9-7-11)17(26)12-10-13-15(21(13,4)5)14(12)18(27)28/h11-16H,6-10H2,1-5H3,(H,25,29)(H,27,28)/t12?,13-,14?,15-,16-/m0/s1. The van der Waals surface area contributed by atoms with E-state index in [1.165, 1.54) is 0 Å². The molecule has 3 rings (SSSR count). The van der Waals surface area contributed by atoms with Gasteiger partial charge in [0, 0.05) is 18.8 Å². The number of carboxylic acids is 1. The van der Waals surface area contributed by atoms with E-state index in [1.54, 1.807) is 20.8 Å². The Labute approximate surface area is 176 Å². The number of Topliss-reactive ketones (excluding diaryl/α,β-unsaturated/α-hetero) is 1. The summed E-state index contributed by atoms with van der Waals surface area (Å²) in [6.07, 6.45) is -0.813. The molecule has 0 aromatic rings. The molecular weight excluding hydrogens is 396 g/mol. The van der Waals surface area contributed by atoms with Gasteiger partial charge in [-0.3, -0.25) is 9.59 Å². The molecule has 0 bridgehead atoms. The molecule has 3 fully saturated rings. The second kappa shape index (κ2) is 7.45. The van der Waals surface area contributed by atoms with Gasteiger partial charge in [0.05, 0.1) is 12.0 Å². The predicted molar refractivity (Wildman–Crippen MR) is 105 cm³/mol. The number of hydrogen-bond acceptors (Lipinski definition) is 4. The van der Waals surface area contributed by atoms with Gasteiger partial charge in [0.2, 0.25) is 5.92 Å². The molecule has 3 aliphatic carbocycles. The minimum Gasteiger partial charge on any atom is -0.481 e. The lowest BCUT2D eigenvalue weighted by molar-refractivity contribution is -0.148. The van der Waals surface area contributed by atoms with Crippen molar-refractivity contribution in [2.75, 3.05) is 0 Å². The van der Waals surface area contributed by atoms with Crippen molar-refractivity contribution in [3.8, 4) is 0 Å². The summed E-state index contributed by atoms with van der Waals surface area (Å²) in [5, 5.41) is 12.4. The molecule has 30 heavy (non-hydrogen) atoms. The van der Waals surface area contributed by atoms with Gasteiger partial charge >= 0.3 is 12.1 Å². The summed E-state index contributed by atoms with van der Waals surface area (Å²) >= 11 is 0. The van der Waals surface area contributed by atoms with E-state index in [4.69, 9.17) is 4.74 Å². The number of aliphatic carboxylic acids is 1. The molecule has 0 aromatic heterocycles. The fourth-order valence-electron chi connectivity index (χ4n) is 5.72. The molecule has 3 aliphatic rings. The maximum atomic E-state index is 13.7. The number of ether oxygens (including phenoxy) is 1. The Morgan fingerprint density at radius 2 is 1.70 bits per heavy atom. The zero-order valence-corrected chi connectivity index (χ0v) is 18.3. The van der Waals surface area contributed by atoms with Gasteiger partial charge in [0.1, 0.15) is 5.60 Å². The first-order valence-corrected chi connectivity index (χ1v) is 10.8. The van der Waals surface area contributed by atoms with Crippen molar-refractivity contribution in [3.63, 3.8) is 0 Å². The Kier molecular flexibility index (Phi) is 5.70. The average molecular weight is 430 g/mol. The van der Waals surface area contributed by atoms with E-state index >= 15 is 0 Å². The summed E-state index contributed by atoms with van der Waals surface area (Å²) in [5.41, 5.74) is -0.888. The van der Waals surface area contributed by atoms with Crippen LogP contribution in [-0.4, -0.2) is 40.5 Å². The van der Waals surface area contributed by atoms with Crippen molar-refractivity contribution in [2.24, 2.45) is 35.0 Å². The van der Waals surface area contributed by atoms with Crippen LogP contribution in [0.3, 0.4) is 0 Å². The molecule has 0 aliphatic heterocycles. The number of amides is 1. The van der Waals surface area contributed by atoms with E-state index in [0.29, 0.717) is 6.42 Å². The second-order valence-corrected chi connectivity index (χ2v) is 10.9. The minimum absolute atomic E-state index is 0.0678. The molecule has 0 spiro atoms. The third-order valence-corrected chi connectivity index (χ3v) is 7.33. The number of halogens is 2. The number of carboxylic acid groups (broad SMARTS) is 1. The van der Waals surface area contributed by atoms with Crippen LogP contribution in [0.4, 0.5) is 13.6 Å². The largest absolute Gasteiger partial charge is 0.481 e. The molecule has 170 valence electrons. The predicted octanol–water partition coefficient (Wildman–Crippen LogP) is 4.27. The van der Waals surface area contributed by atoms with Gasteiger partial charge in [-0.25, -0.2) is 13.6 Å². The van der Waals surface area contributed by atoms with Gasteiger partial charge in [0.15, 0.2) is 5.78 Å². The number of fused-ring (bicyclic) bond motifs is 1. The first-order chi connectivity index (χ1) is 13.6. The smallest absolute Gasteiger partial charge is 0.408 e. The number of hydrogen-bond donors (Lipinski definition) is 2. The van der Waals surface area contributed by atoms with E-state index in [-0.39, 0.29) is 48.7 Å². The third-order valence-electron chi connectivity index (χ3n) is 7.33. The van der Waals surface area contributed by atoms with E-state index in [0.717, 1.165) is 0 Å². The van der Waals surface area contributed by atoms with Gasteiger partial charge < -0.3 is 15.2 Å². The van der Waals surface area contributed by atoms with Crippen molar-refractivity contribution < 1.29 is 33.0 Å². The Morgan fingerprint density at radius 3 is 2.20 bits per heavy atom. The van der Waals surface area contributed by atoms with Crippen LogP contribution in [0.1, 0.15) is 66.7 Å². The van der Waals surface area contributed by atoms with Crippen LogP contribution in [0.25, 0.3) is 0 Å². The first-order valence-electron chi connectivity index (χ1n) is 10.8. The van der Waals surface area contributed by atoms with Gasteiger partial charge in [-0.15, -0.1) is 0 Å². The van der Waals surface area contributed by atoms with E-state index < -0.39 is 47.4 Å². The summed E-state index contributed by atoms with van der Waals surface area (Å²) in [6.45, 7) is 9.10. The Balaban J connectivity index is 1.80. The normalized spacial score (nSPS) is 33.3. The maximum absolute atomic E-state index is 13.7. The highest BCUT2D eigenvalue weighted by molar-refractivity contribution is 5.93. The highest BCUT2D eigenvalue weighted by Gasteiger charge is 2.70. The molecule has 2 N–H and O–H groups in total. The third kappa shape index (κ3) is 4.47. The molecule has 0 radical (unpaired) electrons. The molecule has 8 heteroatoms. The van der Waals surface area contributed by atoms with Crippen LogP contribution >= 0.6 is 0 Å². The minimum atomic E-state index is -2.77. The first kappa shape index (κ1) is 22.9. The summed E-state index contributed by atoms with van der Waals surface area (Å²) in [5.74, 6) is -6.00. The molecule has 0 saturated heterocycles. The lowest BCUT2D eigenvalue weighted by Gasteiger charge is -2.36. The number of ketones is 1. The monoisotopic (exact) mass is 429 g/mol. The van der Waals surface area contributed by atoms with E-state index in [1.807, 2.05) is 13.8 Å². The quantitative estimate of drug-likeness (QED) is 0.681. The number of carbonyl (C=O) groups excluding carboxylic acids is 2. The highest BCUT2D eigenvalue weighted by Crippen LogP contribution is 2.70. The fraction of sp³-hybridized carbons (Fsp3) is 0.864. The summed E-state index contributed by atoms with van der Waals surface area (Å²) in [6, 6.07) is -1.01. The number of carbonyl (C=O) groups is 3. The van der Waals surface area contributed by atoms with E-state index in [2.05, 4.69) is 5.32 Å². The number of rotatable bonds is 5. The van der Waals surface area contributed by atoms with Crippen LogP contribution in [0, 0.1) is 35.0 Å². The zero-order chi connectivity index (χ0) is 22.6. The SMILES string of the molecule is CC(C)(C)OC(=O)N[C@H](C(=O)C1C[C@H]2[C@@H](C1C(=O)O)C2(C)C)C1CCC(F)(F)CC1. The Bertz CT molecular complexity index is 720.